The average molecular weight is 299 g/mol. The summed E-state index contributed by atoms with van der Waals surface area (Å²) in [5, 5.41) is 3.04. The van der Waals surface area contributed by atoms with Gasteiger partial charge in [-0.25, -0.2) is 4.99 Å². The topological polar surface area (TPSA) is 68.9 Å². The van der Waals surface area contributed by atoms with Crippen LogP contribution in [0.3, 0.4) is 0 Å². The van der Waals surface area contributed by atoms with Gasteiger partial charge in [0.05, 0.1) is 20.8 Å². The zero-order valence-corrected chi connectivity index (χ0v) is 13.1. The highest BCUT2D eigenvalue weighted by Gasteiger charge is 2.03. The first-order chi connectivity index (χ1) is 10.6. The zero-order chi connectivity index (χ0) is 15.9. The molecule has 0 bridgehead atoms. The number of anilines is 1. The summed E-state index contributed by atoms with van der Waals surface area (Å²) in [6, 6.07) is 13.5. The number of nitrogens with one attached hydrogen (secondary N) is 1. The van der Waals surface area contributed by atoms with Gasteiger partial charge in [-0.15, -0.1) is 0 Å². The van der Waals surface area contributed by atoms with E-state index in [0.29, 0.717) is 12.5 Å². The number of nitrogens with two attached hydrogens (primary N) is 1. The molecule has 2 aromatic rings. The Hall–Kier alpha value is -2.69. The van der Waals surface area contributed by atoms with Gasteiger partial charge in [-0.3, -0.25) is 0 Å². The van der Waals surface area contributed by atoms with Gasteiger partial charge in [0, 0.05) is 11.3 Å². The highest BCUT2D eigenvalue weighted by Crippen LogP contribution is 2.20. The normalized spacial score (nSPS) is 11.1. The summed E-state index contributed by atoms with van der Waals surface area (Å²) in [6.07, 6.45) is 0. The lowest BCUT2D eigenvalue weighted by atomic mass is 10.1. The molecule has 0 unspecified atom stereocenters. The van der Waals surface area contributed by atoms with E-state index in [9.17, 15) is 0 Å². The molecule has 2 rings (SSSR count). The summed E-state index contributed by atoms with van der Waals surface area (Å²) in [6.45, 7) is 2.48. The van der Waals surface area contributed by atoms with Crippen LogP contribution in [0.5, 0.6) is 11.5 Å². The third-order valence-corrected chi connectivity index (χ3v) is 3.22. The molecular weight excluding hydrogens is 278 g/mol. The van der Waals surface area contributed by atoms with E-state index in [-0.39, 0.29) is 0 Å². The molecule has 5 nitrogen and oxygen atoms in total. The predicted molar refractivity (Wildman–Crippen MR) is 89.7 cm³/mol. The van der Waals surface area contributed by atoms with E-state index >= 15 is 0 Å². The van der Waals surface area contributed by atoms with Crippen LogP contribution < -0.4 is 20.5 Å². The van der Waals surface area contributed by atoms with Gasteiger partial charge >= 0.3 is 0 Å². The Morgan fingerprint density at radius 3 is 2.45 bits per heavy atom. The molecule has 0 amide bonds. The van der Waals surface area contributed by atoms with Gasteiger partial charge in [-0.05, 0) is 42.8 Å². The minimum absolute atomic E-state index is 0.354. The van der Waals surface area contributed by atoms with Crippen LogP contribution in [-0.4, -0.2) is 20.2 Å². The highest BCUT2D eigenvalue weighted by atomic mass is 16.5. The number of aliphatic imine (C=N–C) groups is 1. The number of nitrogens with zero attached hydrogens (tertiary/aromatic N) is 1. The van der Waals surface area contributed by atoms with Crippen molar-refractivity contribution in [2.24, 2.45) is 10.7 Å². The Morgan fingerprint density at radius 1 is 1.09 bits per heavy atom. The molecule has 0 aliphatic heterocycles. The average Bonchev–Trinajstić information content (AvgIpc) is 2.54. The lowest BCUT2D eigenvalue weighted by Crippen LogP contribution is -2.22. The van der Waals surface area contributed by atoms with E-state index in [4.69, 9.17) is 15.2 Å². The number of guanidine groups is 1. The van der Waals surface area contributed by atoms with Crippen LogP contribution in [0, 0.1) is 6.92 Å². The van der Waals surface area contributed by atoms with Crippen molar-refractivity contribution in [2.45, 2.75) is 13.5 Å². The molecule has 0 fully saturated rings. The maximum absolute atomic E-state index is 5.91. The highest BCUT2D eigenvalue weighted by molar-refractivity contribution is 5.92. The van der Waals surface area contributed by atoms with Gasteiger partial charge in [0.2, 0.25) is 0 Å². The monoisotopic (exact) mass is 299 g/mol. The van der Waals surface area contributed by atoms with Gasteiger partial charge < -0.3 is 20.5 Å². The smallest absolute Gasteiger partial charge is 0.193 e. The molecule has 0 aliphatic carbocycles. The second kappa shape index (κ2) is 7.36. The molecule has 0 saturated heterocycles. The SMILES string of the molecule is COc1ccc(NC(N)=NCc2ccc(C)cc2OC)cc1. The van der Waals surface area contributed by atoms with Crippen molar-refractivity contribution in [1.82, 2.24) is 0 Å². The number of aryl methyl sites for hydroxylation is 1. The zero-order valence-electron chi connectivity index (χ0n) is 13.1. The van der Waals surface area contributed by atoms with Gasteiger partial charge in [0.25, 0.3) is 0 Å². The Balaban J connectivity index is 2.03. The quantitative estimate of drug-likeness (QED) is 0.658. The first kappa shape index (κ1) is 15.7. The standard InChI is InChI=1S/C17H21N3O2/c1-12-4-5-13(16(10-12)22-3)11-19-17(18)20-14-6-8-15(21-2)9-7-14/h4-10H,11H2,1-3H3,(H3,18,19,20). The molecule has 3 N–H and O–H groups in total. The molecule has 0 radical (unpaired) electrons. The van der Waals surface area contributed by atoms with Crippen LogP contribution in [0.25, 0.3) is 0 Å². The maximum atomic E-state index is 5.91. The number of ether oxygens (including phenoxy) is 2. The van der Waals surface area contributed by atoms with Crippen LogP contribution in [0.4, 0.5) is 5.69 Å². The van der Waals surface area contributed by atoms with Crippen LogP contribution in [-0.2, 0) is 6.54 Å². The Morgan fingerprint density at radius 2 is 1.82 bits per heavy atom. The van der Waals surface area contributed by atoms with E-state index in [0.717, 1.165) is 28.3 Å². The molecule has 5 heteroatoms. The van der Waals surface area contributed by atoms with E-state index in [1.807, 2.05) is 49.4 Å². The Labute approximate surface area is 130 Å². The largest absolute Gasteiger partial charge is 0.497 e. The van der Waals surface area contributed by atoms with E-state index < -0.39 is 0 Å². The summed E-state index contributed by atoms with van der Waals surface area (Å²) in [5.74, 6) is 1.97. The number of methoxy groups -OCH3 is 2. The van der Waals surface area contributed by atoms with Crippen molar-refractivity contribution >= 4 is 11.6 Å². The minimum Gasteiger partial charge on any atom is -0.497 e. The van der Waals surface area contributed by atoms with E-state index in [1.165, 1.54) is 0 Å². The first-order valence-electron chi connectivity index (χ1n) is 6.97. The molecule has 116 valence electrons. The molecule has 0 saturated carbocycles. The molecule has 22 heavy (non-hydrogen) atoms. The number of hydrogen-bond donors (Lipinski definition) is 2. The second-order valence-electron chi connectivity index (χ2n) is 4.87. The second-order valence-corrected chi connectivity index (χ2v) is 4.87. The molecule has 0 aliphatic rings. The third-order valence-electron chi connectivity index (χ3n) is 3.22. The summed E-state index contributed by atoms with van der Waals surface area (Å²) in [7, 11) is 3.29. The van der Waals surface area contributed by atoms with E-state index in [1.54, 1.807) is 14.2 Å². The lowest BCUT2D eigenvalue weighted by molar-refractivity contribution is 0.409. The van der Waals surface area contributed by atoms with Crippen molar-refractivity contribution in [3.8, 4) is 11.5 Å². The predicted octanol–water partition coefficient (Wildman–Crippen LogP) is 2.94. The Kier molecular flexibility index (Phi) is 5.25. The molecule has 0 atom stereocenters. The van der Waals surface area contributed by atoms with Gasteiger partial charge in [-0.2, -0.15) is 0 Å². The molecule has 2 aromatic carbocycles. The minimum atomic E-state index is 0.354. The van der Waals surface area contributed by atoms with Crippen LogP contribution in [0.15, 0.2) is 47.5 Å². The number of hydrogen-bond acceptors (Lipinski definition) is 3. The van der Waals surface area contributed by atoms with E-state index in [2.05, 4.69) is 10.3 Å². The summed E-state index contributed by atoms with van der Waals surface area (Å²) in [4.78, 5) is 4.34. The molecule has 0 aromatic heterocycles. The fourth-order valence-electron chi connectivity index (χ4n) is 2.01. The maximum Gasteiger partial charge on any atom is 0.193 e. The first-order valence-corrected chi connectivity index (χ1v) is 6.97. The third kappa shape index (κ3) is 4.15. The van der Waals surface area contributed by atoms with Crippen molar-refractivity contribution in [3.63, 3.8) is 0 Å². The molecule has 0 heterocycles. The molecule has 0 spiro atoms. The fourth-order valence-corrected chi connectivity index (χ4v) is 2.01. The number of rotatable bonds is 5. The number of benzene rings is 2. The van der Waals surface area contributed by atoms with Gasteiger partial charge in [0.15, 0.2) is 5.96 Å². The lowest BCUT2D eigenvalue weighted by Gasteiger charge is -2.09. The summed E-state index contributed by atoms with van der Waals surface area (Å²) < 4.78 is 10.5. The Bertz CT molecular complexity index is 651. The van der Waals surface area contributed by atoms with Crippen LogP contribution >= 0.6 is 0 Å². The summed E-state index contributed by atoms with van der Waals surface area (Å²) >= 11 is 0. The van der Waals surface area contributed by atoms with Crippen molar-refractivity contribution < 1.29 is 9.47 Å². The van der Waals surface area contributed by atoms with Gasteiger partial charge in [-0.1, -0.05) is 12.1 Å². The van der Waals surface area contributed by atoms with Crippen molar-refractivity contribution in [1.29, 1.82) is 0 Å². The van der Waals surface area contributed by atoms with Crippen LogP contribution in [0.1, 0.15) is 11.1 Å². The van der Waals surface area contributed by atoms with Crippen molar-refractivity contribution in [2.75, 3.05) is 19.5 Å². The van der Waals surface area contributed by atoms with Crippen LogP contribution in [0.2, 0.25) is 0 Å². The molecular formula is C17H21N3O2. The van der Waals surface area contributed by atoms with Crippen molar-refractivity contribution in [3.05, 3.63) is 53.6 Å². The summed E-state index contributed by atoms with van der Waals surface area (Å²) in [5.41, 5.74) is 8.91. The fraction of sp³-hybridized carbons (Fsp3) is 0.235. The van der Waals surface area contributed by atoms with Gasteiger partial charge in [0.1, 0.15) is 11.5 Å².